The van der Waals surface area contributed by atoms with Gasteiger partial charge in [0.15, 0.2) is 0 Å². The lowest BCUT2D eigenvalue weighted by Gasteiger charge is -2.18. The van der Waals surface area contributed by atoms with E-state index in [1.54, 1.807) is 10.4 Å². The van der Waals surface area contributed by atoms with Crippen LogP contribution < -0.4 is 4.74 Å². The molecule has 1 aromatic rings. The van der Waals surface area contributed by atoms with E-state index in [4.69, 9.17) is 4.74 Å². The Hall–Kier alpha value is -1.07. The molecule has 1 heterocycles. The quantitative estimate of drug-likeness (QED) is 0.726. The van der Waals surface area contributed by atoms with Crippen LogP contribution in [0.5, 0.6) is 5.75 Å². The van der Waals surface area contributed by atoms with Gasteiger partial charge in [-0.15, -0.1) is 0 Å². The van der Waals surface area contributed by atoms with E-state index in [1.807, 2.05) is 19.1 Å². The van der Waals surface area contributed by atoms with Crippen LogP contribution in [-0.4, -0.2) is 32.4 Å². The smallest absolute Gasteiger partial charge is 0.246 e. The average molecular weight is 311 g/mol. The van der Waals surface area contributed by atoms with Crippen molar-refractivity contribution in [3.05, 3.63) is 23.8 Å². The van der Waals surface area contributed by atoms with E-state index in [1.165, 1.54) is 0 Å². The molecule has 0 spiro atoms. The maximum Gasteiger partial charge on any atom is 0.246 e. The Balaban J connectivity index is 2.21. The fourth-order valence-corrected chi connectivity index (χ4v) is 4.17. The Labute approximate surface area is 128 Å². The molecule has 4 nitrogen and oxygen atoms in total. The molecule has 0 N–H and O–H groups in total. The summed E-state index contributed by atoms with van der Waals surface area (Å²) in [4.78, 5) is 0.312. The van der Waals surface area contributed by atoms with Crippen molar-refractivity contribution >= 4 is 10.0 Å². The van der Waals surface area contributed by atoms with Crippen molar-refractivity contribution in [1.29, 1.82) is 0 Å². The second-order valence-corrected chi connectivity index (χ2v) is 7.52. The highest BCUT2D eigenvalue weighted by atomic mass is 32.2. The standard InChI is InChI=1S/C16H25NO3S/c1-3-4-7-12-20-15-13-14(2)8-9-16(15)21(18,19)17-10-5-6-11-17/h8-9,13H,3-7,10-12H2,1-2H3. The summed E-state index contributed by atoms with van der Waals surface area (Å²) in [7, 11) is -3.42. The van der Waals surface area contributed by atoms with Gasteiger partial charge < -0.3 is 4.74 Å². The van der Waals surface area contributed by atoms with Crippen LogP contribution in [0.1, 0.15) is 44.6 Å². The van der Waals surface area contributed by atoms with Gasteiger partial charge in [-0.1, -0.05) is 25.8 Å². The predicted molar refractivity (Wildman–Crippen MR) is 84.2 cm³/mol. The van der Waals surface area contributed by atoms with Gasteiger partial charge in [-0.3, -0.25) is 0 Å². The maximum atomic E-state index is 12.7. The zero-order chi connectivity index (χ0) is 15.3. The third kappa shape index (κ3) is 3.98. The molecule has 0 aromatic heterocycles. The highest BCUT2D eigenvalue weighted by Crippen LogP contribution is 2.30. The van der Waals surface area contributed by atoms with Crippen molar-refractivity contribution in [1.82, 2.24) is 4.31 Å². The first-order chi connectivity index (χ1) is 10.1. The Morgan fingerprint density at radius 1 is 1.19 bits per heavy atom. The summed E-state index contributed by atoms with van der Waals surface area (Å²) in [5, 5.41) is 0. The summed E-state index contributed by atoms with van der Waals surface area (Å²) in [5.74, 6) is 0.498. The summed E-state index contributed by atoms with van der Waals surface area (Å²) < 4.78 is 32.7. The van der Waals surface area contributed by atoms with Crippen LogP contribution in [0.15, 0.2) is 23.1 Å². The van der Waals surface area contributed by atoms with E-state index in [0.29, 0.717) is 30.3 Å². The Morgan fingerprint density at radius 3 is 2.57 bits per heavy atom. The first-order valence-corrected chi connectivity index (χ1v) is 9.23. The predicted octanol–water partition coefficient (Wildman–Crippen LogP) is 3.35. The summed E-state index contributed by atoms with van der Waals surface area (Å²) in [5.41, 5.74) is 1.01. The van der Waals surface area contributed by atoms with Crippen LogP contribution in [0.25, 0.3) is 0 Å². The van der Waals surface area contributed by atoms with Gasteiger partial charge in [0, 0.05) is 13.1 Å². The number of unbranched alkanes of at least 4 members (excludes halogenated alkanes) is 2. The van der Waals surface area contributed by atoms with Crippen molar-refractivity contribution in [2.45, 2.75) is 50.8 Å². The Bertz CT molecular complexity index is 563. The van der Waals surface area contributed by atoms with Gasteiger partial charge in [-0.25, -0.2) is 8.42 Å². The molecule has 5 heteroatoms. The van der Waals surface area contributed by atoms with Gasteiger partial charge in [-0.2, -0.15) is 4.31 Å². The number of benzene rings is 1. The van der Waals surface area contributed by atoms with E-state index in [-0.39, 0.29) is 0 Å². The Morgan fingerprint density at radius 2 is 1.90 bits per heavy atom. The second-order valence-electron chi connectivity index (χ2n) is 5.62. The van der Waals surface area contributed by atoms with Crippen molar-refractivity contribution in [2.75, 3.05) is 19.7 Å². The third-order valence-electron chi connectivity index (χ3n) is 3.79. The fourth-order valence-electron chi connectivity index (χ4n) is 2.54. The van der Waals surface area contributed by atoms with Gasteiger partial charge in [0.1, 0.15) is 10.6 Å². The second kappa shape index (κ2) is 7.27. The van der Waals surface area contributed by atoms with Crippen molar-refractivity contribution < 1.29 is 13.2 Å². The monoisotopic (exact) mass is 311 g/mol. The van der Waals surface area contributed by atoms with Gasteiger partial charge in [0.25, 0.3) is 0 Å². The molecule has 21 heavy (non-hydrogen) atoms. The first kappa shape index (κ1) is 16.3. The zero-order valence-electron chi connectivity index (χ0n) is 13.0. The van der Waals surface area contributed by atoms with Crippen LogP contribution in [0.2, 0.25) is 0 Å². The van der Waals surface area contributed by atoms with Crippen LogP contribution in [0.3, 0.4) is 0 Å². The zero-order valence-corrected chi connectivity index (χ0v) is 13.8. The average Bonchev–Trinajstić information content (AvgIpc) is 2.98. The van der Waals surface area contributed by atoms with Gasteiger partial charge >= 0.3 is 0 Å². The molecule has 2 rings (SSSR count). The molecular formula is C16H25NO3S. The molecular weight excluding hydrogens is 286 g/mol. The molecule has 0 unspecified atom stereocenters. The summed E-state index contributed by atoms with van der Waals surface area (Å²) in [6.07, 6.45) is 5.05. The van der Waals surface area contributed by atoms with Crippen LogP contribution in [-0.2, 0) is 10.0 Å². The molecule has 1 saturated heterocycles. The molecule has 0 atom stereocenters. The van der Waals surface area contributed by atoms with E-state index < -0.39 is 10.0 Å². The molecule has 118 valence electrons. The van der Waals surface area contributed by atoms with Gasteiger partial charge in [0.2, 0.25) is 10.0 Å². The number of hydrogen-bond donors (Lipinski definition) is 0. The minimum Gasteiger partial charge on any atom is -0.492 e. The lowest BCUT2D eigenvalue weighted by molar-refractivity contribution is 0.297. The molecule has 0 radical (unpaired) electrons. The minimum atomic E-state index is -3.42. The van der Waals surface area contributed by atoms with Crippen LogP contribution in [0.4, 0.5) is 0 Å². The van der Waals surface area contributed by atoms with Crippen LogP contribution in [0, 0.1) is 6.92 Å². The van der Waals surface area contributed by atoms with Crippen molar-refractivity contribution in [3.8, 4) is 5.75 Å². The SMILES string of the molecule is CCCCCOc1cc(C)ccc1S(=O)(=O)N1CCCC1. The topological polar surface area (TPSA) is 46.6 Å². The molecule has 0 bridgehead atoms. The van der Waals surface area contributed by atoms with E-state index >= 15 is 0 Å². The first-order valence-electron chi connectivity index (χ1n) is 7.79. The molecule has 0 amide bonds. The highest BCUT2D eigenvalue weighted by molar-refractivity contribution is 7.89. The number of ether oxygens (including phenoxy) is 1. The summed E-state index contributed by atoms with van der Waals surface area (Å²) in [6.45, 7) is 5.89. The van der Waals surface area contributed by atoms with E-state index in [9.17, 15) is 8.42 Å². The molecule has 1 aromatic carbocycles. The lowest BCUT2D eigenvalue weighted by Crippen LogP contribution is -2.28. The minimum absolute atomic E-state index is 0.312. The maximum absolute atomic E-state index is 12.7. The molecule has 1 aliphatic rings. The van der Waals surface area contributed by atoms with E-state index in [2.05, 4.69) is 6.92 Å². The summed E-state index contributed by atoms with van der Waals surface area (Å²) >= 11 is 0. The van der Waals surface area contributed by atoms with E-state index in [0.717, 1.165) is 37.7 Å². The van der Waals surface area contributed by atoms with Crippen molar-refractivity contribution in [3.63, 3.8) is 0 Å². The molecule has 0 aliphatic carbocycles. The lowest BCUT2D eigenvalue weighted by atomic mass is 10.2. The van der Waals surface area contributed by atoms with Gasteiger partial charge in [0.05, 0.1) is 6.61 Å². The largest absolute Gasteiger partial charge is 0.492 e. The normalized spacial score (nSPS) is 16.3. The fraction of sp³-hybridized carbons (Fsp3) is 0.625. The molecule has 1 aliphatic heterocycles. The Kier molecular flexibility index (Phi) is 5.65. The van der Waals surface area contributed by atoms with Gasteiger partial charge in [-0.05, 0) is 43.9 Å². The highest BCUT2D eigenvalue weighted by Gasteiger charge is 2.29. The van der Waals surface area contributed by atoms with Crippen LogP contribution >= 0.6 is 0 Å². The number of nitrogens with zero attached hydrogens (tertiary/aromatic N) is 1. The number of rotatable bonds is 7. The number of sulfonamides is 1. The number of hydrogen-bond acceptors (Lipinski definition) is 3. The summed E-state index contributed by atoms with van der Waals surface area (Å²) in [6, 6.07) is 5.34. The number of aryl methyl sites for hydroxylation is 1. The molecule has 1 fully saturated rings. The van der Waals surface area contributed by atoms with Crippen molar-refractivity contribution in [2.24, 2.45) is 0 Å². The third-order valence-corrected chi connectivity index (χ3v) is 5.73. The molecule has 0 saturated carbocycles.